The molecular formula is C13H7BFN3O. The average Bonchev–Trinajstić information content (AvgIpc) is 2.42. The molecule has 2 heterocycles. The van der Waals surface area contributed by atoms with E-state index in [0.717, 1.165) is 6.07 Å². The first-order valence-electron chi connectivity index (χ1n) is 5.54. The number of nitrogens with one attached hydrogen (secondary N) is 1. The van der Waals surface area contributed by atoms with E-state index in [9.17, 15) is 9.18 Å². The van der Waals surface area contributed by atoms with Gasteiger partial charge < -0.3 is 4.98 Å². The molecule has 4 nitrogen and oxygen atoms in total. The Balaban J connectivity index is 2.31. The molecule has 6 heteroatoms. The highest BCUT2D eigenvalue weighted by atomic mass is 19.1. The number of aromatic nitrogens is 3. The van der Waals surface area contributed by atoms with Gasteiger partial charge in [-0.3, -0.25) is 9.78 Å². The molecule has 0 atom stereocenters. The van der Waals surface area contributed by atoms with Gasteiger partial charge in [0.1, 0.15) is 19.5 Å². The van der Waals surface area contributed by atoms with Crippen LogP contribution in [0.1, 0.15) is 0 Å². The first-order valence-corrected chi connectivity index (χ1v) is 5.54. The summed E-state index contributed by atoms with van der Waals surface area (Å²) in [6, 6.07) is 5.91. The van der Waals surface area contributed by atoms with Gasteiger partial charge in [-0.25, -0.2) is 9.37 Å². The lowest BCUT2D eigenvalue weighted by atomic mass is 9.94. The predicted molar refractivity (Wildman–Crippen MR) is 70.9 cm³/mol. The molecule has 3 aromatic rings. The van der Waals surface area contributed by atoms with Gasteiger partial charge in [0, 0.05) is 18.0 Å². The molecule has 0 unspecified atom stereocenters. The smallest absolute Gasteiger partial charge is 0.259 e. The summed E-state index contributed by atoms with van der Waals surface area (Å²) in [6.07, 6.45) is 3.18. The number of fused-ring (bicyclic) bond motifs is 1. The lowest BCUT2D eigenvalue weighted by molar-refractivity contribution is 0.637. The van der Waals surface area contributed by atoms with E-state index in [1.807, 2.05) is 0 Å². The number of hydrogen-bond donors (Lipinski definition) is 1. The van der Waals surface area contributed by atoms with Crippen LogP contribution in [-0.4, -0.2) is 22.8 Å². The van der Waals surface area contributed by atoms with Gasteiger partial charge in [0.2, 0.25) is 0 Å². The standard InChI is InChI=1S/C13H7BFN3O/c14-9-4-8-11(5-10(9)15)17-12(18-13(8)19)7-2-1-3-16-6-7/h1-6H,(H,17,18,19). The summed E-state index contributed by atoms with van der Waals surface area (Å²) < 4.78 is 13.4. The molecular weight excluding hydrogens is 244 g/mol. The molecule has 0 saturated heterocycles. The van der Waals surface area contributed by atoms with Crippen LogP contribution in [0.4, 0.5) is 4.39 Å². The number of benzene rings is 1. The Morgan fingerprint density at radius 1 is 1.32 bits per heavy atom. The Morgan fingerprint density at radius 2 is 2.16 bits per heavy atom. The summed E-state index contributed by atoms with van der Waals surface area (Å²) in [5.74, 6) is -0.252. The summed E-state index contributed by atoms with van der Waals surface area (Å²) in [7, 11) is 5.44. The maximum Gasteiger partial charge on any atom is 0.259 e. The molecule has 2 radical (unpaired) electrons. The fraction of sp³-hybridized carbons (Fsp3) is 0. The van der Waals surface area contributed by atoms with E-state index < -0.39 is 5.82 Å². The minimum absolute atomic E-state index is 0.0751. The number of halogens is 1. The van der Waals surface area contributed by atoms with Crippen LogP contribution in [0.15, 0.2) is 41.5 Å². The third-order valence-corrected chi connectivity index (χ3v) is 2.76. The Morgan fingerprint density at radius 3 is 2.89 bits per heavy atom. The van der Waals surface area contributed by atoms with Gasteiger partial charge in [-0.15, -0.1) is 0 Å². The molecule has 19 heavy (non-hydrogen) atoms. The largest absolute Gasteiger partial charge is 0.306 e. The minimum atomic E-state index is -0.595. The van der Waals surface area contributed by atoms with E-state index in [1.54, 1.807) is 24.5 Å². The number of hydrogen-bond acceptors (Lipinski definition) is 3. The van der Waals surface area contributed by atoms with Crippen molar-refractivity contribution in [1.29, 1.82) is 0 Å². The fourth-order valence-electron chi connectivity index (χ4n) is 1.82. The summed E-state index contributed by atoms with van der Waals surface area (Å²) in [4.78, 5) is 22.7. The number of pyridine rings is 1. The second-order valence-electron chi connectivity index (χ2n) is 4.05. The zero-order valence-electron chi connectivity index (χ0n) is 9.72. The Kier molecular flexibility index (Phi) is 2.63. The molecule has 0 saturated carbocycles. The highest BCUT2D eigenvalue weighted by Crippen LogP contribution is 2.14. The third kappa shape index (κ3) is 2.01. The molecule has 90 valence electrons. The van der Waals surface area contributed by atoms with Crippen molar-refractivity contribution >= 4 is 24.2 Å². The van der Waals surface area contributed by atoms with Gasteiger partial charge >= 0.3 is 0 Å². The van der Waals surface area contributed by atoms with Crippen molar-refractivity contribution in [3.63, 3.8) is 0 Å². The number of aromatic amines is 1. The maximum absolute atomic E-state index is 13.4. The molecule has 1 aromatic carbocycles. The molecule has 0 spiro atoms. The molecule has 1 N–H and O–H groups in total. The van der Waals surface area contributed by atoms with Gasteiger partial charge in [0.05, 0.1) is 10.9 Å². The Bertz CT molecular complexity index is 817. The molecule has 0 aliphatic heterocycles. The van der Waals surface area contributed by atoms with E-state index in [1.165, 1.54) is 6.07 Å². The van der Waals surface area contributed by atoms with Crippen LogP contribution in [0.2, 0.25) is 0 Å². The Labute approximate surface area is 108 Å². The lowest BCUT2D eigenvalue weighted by Gasteiger charge is -2.04. The monoisotopic (exact) mass is 251 g/mol. The number of nitrogens with zero attached hydrogens (tertiary/aromatic N) is 2. The second-order valence-corrected chi connectivity index (χ2v) is 4.05. The summed E-state index contributed by atoms with van der Waals surface area (Å²) in [5.41, 5.74) is 0.470. The Hall–Kier alpha value is -2.50. The van der Waals surface area contributed by atoms with Crippen LogP contribution < -0.4 is 11.0 Å². The van der Waals surface area contributed by atoms with Gasteiger partial charge in [-0.1, -0.05) is 11.5 Å². The van der Waals surface area contributed by atoms with E-state index in [2.05, 4.69) is 15.0 Å². The minimum Gasteiger partial charge on any atom is -0.306 e. The molecule has 0 bridgehead atoms. The van der Waals surface area contributed by atoms with E-state index in [4.69, 9.17) is 7.85 Å². The van der Waals surface area contributed by atoms with Gasteiger partial charge in [0.15, 0.2) is 0 Å². The van der Waals surface area contributed by atoms with Crippen molar-refractivity contribution in [1.82, 2.24) is 15.0 Å². The van der Waals surface area contributed by atoms with Crippen LogP contribution in [0.25, 0.3) is 22.3 Å². The van der Waals surface area contributed by atoms with E-state index in [0.29, 0.717) is 11.4 Å². The molecule has 0 aliphatic carbocycles. The normalized spacial score (nSPS) is 10.8. The topological polar surface area (TPSA) is 58.6 Å². The van der Waals surface area contributed by atoms with E-state index >= 15 is 0 Å². The van der Waals surface area contributed by atoms with Crippen LogP contribution in [0, 0.1) is 5.82 Å². The molecule has 3 rings (SSSR count). The van der Waals surface area contributed by atoms with Gasteiger partial charge in [-0.2, -0.15) is 0 Å². The summed E-state index contributed by atoms with van der Waals surface area (Å²) in [6.45, 7) is 0. The predicted octanol–water partition coefficient (Wildman–Crippen LogP) is 0.918. The van der Waals surface area contributed by atoms with Gasteiger partial charge in [-0.05, 0) is 18.2 Å². The van der Waals surface area contributed by atoms with Crippen LogP contribution in [0.3, 0.4) is 0 Å². The number of rotatable bonds is 1. The SMILES string of the molecule is [B]c1cc2c(=O)[nH]c(-c3cccnc3)nc2cc1F. The van der Waals surface area contributed by atoms with Crippen molar-refractivity contribution in [3.05, 3.63) is 52.8 Å². The molecule has 0 amide bonds. The molecule has 2 aromatic heterocycles. The third-order valence-electron chi connectivity index (χ3n) is 2.76. The van der Waals surface area contributed by atoms with E-state index in [-0.39, 0.29) is 21.9 Å². The first-order chi connectivity index (χ1) is 9.15. The van der Waals surface area contributed by atoms with Crippen molar-refractivity contribution in [3.8, 4) is 11.4 Å². The second kappa shape index (κ2) is 4.31. The average molecular weight is 251 g/mol. The van der Waals surface area contributed by atoms with Crippen molar-refractivity contribution in [2.24, 2.45) is 0 Å². The molecule has 0 aliphatic rings. The lowest BCUT2D eigenvalue weighted by Crippen LogP contribution is -2.15. The summed E-state index contributed by atoms with van der Waals surface area (Å²) >= 11 is 0. The van der Waals surface area contributed by atoms with Crippen LogP contribution in [0.5, 0.6) is 0 Å². The number of H-pyrrole nitrogens is 1. The zero-order chi connectivity index (χ0) is 13.4. The van der Waals surface area contributed by atoms with Crippen LogP contribution in [-0.2, 0) is 0 Å². The first kappa shape index (κ1) is 11.6. The highest BCUT2D eigenvalue weighted by molar-refractivity contribution is 6.33. The summed E-state index contributed by atoms with van der Waals surface area (Å²) in [5, 5.41) is 0.256. The molecule has 0 fully saturated rings. The van der Waals surface area contributed by atoms with Crippen molar-refractivity contribution in [2.45, 2.75) is 0 Å². The maximum atomic E-state index is 13.4. The van der Waals surface area contributed by atoms with Crippen LogP contribution >= 0.6 is 0 Å². The fourth-order valence-corrected chi connectivity index (χ4v) is 1.82. The zero-order valence-corrected chi connectivity index (χ0v) is 9.72. The van der Waals surface area contributed by atoms with Gasteiger partial charge in [0.25, 0.3) is 5.56 Å². The quantitative estimate of drug-likeness (QED) is 0.654. The van der Waals surface area contributed by atoms with Crippen molar-refractivity contribution in [2.75, 3.05) is 0 Å². The highest BCUT2D eigenvalue weighted by Gasteiger charge is 2.08. The van der Waals surface area contributed by atoms with Crippen molar-refractivity contribution < 1.29 is 4.39 Å².